The van der Waals surface area contributed by atoms with Gasteiger partial charge in [-0.25, -0.2) is 0 Å². The lowest BCUT2D eigenvalue weighted by molar-refractivity contribution is -0.131. The molecule has 2 aliphatic heterocycles. The minimum Gasteiger partial charge on any atom is -0.396 e. The molecule has 0 atom stereocenters. The molecule has 0 aromatic heterocycles. The summed E-state index contributed by atoms with van der Waals surface area (Å²) in [5.41, 5.74) is 1.89. The molecule has 1 aromatic rings. The van der Waals surface area contributed by atoms with Crippen molar-refractivity contribution in [2.75, 3.05) is 49.3 Å². The van der Waals surface area contributed by atoms with Crippen molar-refractivity contribution >= 4 is 17.3 Å². The van der Waals surface area contributed by atoms with Gasteiger partial charge in [0, 0.05) is 26.6 Å². The largest absolute Gasteiger partial charge is 0.396 e. The Morgan fingerprint density at radius 1 is 1.29 bits per heavy atom. The first-order chi connectivity index (χ1) is 10.2. The van der Waals surface area contributed by atoms with Crippen molar-refractivity contribution in [3.8, 4) is 0 Å². The van der Waals surface area contributed by atoms with Crippen LogP contribution in [-0.4, -0.2) is 50.5 Å². The van der Waals surface area contributed by atoms with Crippen LogP contribution in [-0.2, 0) is 9.53 Å². The van der Waals surface area contributed by atoms with Crippen LogP contribution in [0.4, 0.5) is 11.4 Å². The molecule has 2 aliphatic rings. The molecular formula is C16H22N2O3. The molecule has 0 unspecified atom stereocenters. The van der Waals surface area contributed by atoms with Crippen molar-refractivity contribution in [2.24, 2.45) is 5.41 Å². The number of aliphatic hydroxyl groups excluding tert-OH is 1. The fourth-order valence-corrected chi connectivity index (χ4v) is 3.14. The standard InChI is InChI=1S/C16H22N2O3/c1-13(20)18-8-4-7-17(9-16(10-19)11-21-12-16)14-5-2-3-6-15(14)18/h2-3,5-6,19H,4,7-12H2,1H3. The summed E-state index contributed by atoms with van der Waals surface area (Å²) in [4.78, 5) is 16.0. The number of ether oxygens (including phenoxy) is 1. The van der Waals surface area contributed by atoms with Gasteiger partial charge in [-0.05, 0) is 18.6 Å². The molecule has 1 N–H and O–H groups in total. The zero-order valence-electron chi connectivity index (χ0n) is 12.4. The zero-order chi connectivity index (χ0) is 14.9. The molecule has 3 rings (SSSR count). The van der Waals surface area contributed by atoms with Crippen molar-refractivity contribution in [3.05, 3.63) is 24.3 Å². The second-order valence-electron chi connectivity index (χ2n) is 6.09. The average molecular weight is 290 g/mol. The van der Waals surface area contributed by atoms with E-state index in [1.165, 1.54) is 0 Å². The molecule has 0 radical (unpaired) electrons. The highest BCUT2D eigenvalue weighted by Gasteiger charge is 2.40. The van der Waals surface area contributed by atoms with Crippen LogP contribution in [0.5, 0.6) is 0 Å². The lowest BCUT2D eigenvalue weighted by Gasteiger charge is -2.44. The maximum absolute atomic E-state index is 11.9. The number of anilines is 2. The molecule has 0 aliphatic carbocycles. The van der Waals surface area contributed by atoms with Gasteiger partial charge < -0.3 is 19.6 Å². The molecule has 1 aromatic carbocycles. The molecule has 5 heteroatoms. The van der Waals surface area contributed by atoms with Gasteiger partial charge in [-0.15, -0.1) is 0 Å². The van der Waals surface area contributed by atoms with E-state index >= 15 is 0 Å². The Hall–Kier alpha value is -1.59. The van der Waals surface area contributed by atoms with Gasteiger partial charge in [-0.2, -0.15) is 0 Å². The Morgan fingerprint density at radius 2 is 2.00 bits per heavy atom. The summed E-state index contributed by atoms with van der Waals surface area (Å²) in [7, 11) is 0. The number of benzene rings is 1. The topological polar surface area (TPSA) is 53.0 Å². The molecule has 21 heavy (non-hydrogen) atoms. The Morgan fingerprint density at radius 3 is 2.57 bits per heavy atom. The molecular weight excluding hydrogens is 268 g/mol. The van der Waals surface area contributed by atoms with E-state index in [-0.39, 0.29) is 17.9 Å². The van der Waals surface area contributed by atoms with Crippen molar-refractivity contribution in [1.82, 2.24) is 0 Å². The zero-order valence-corrected chi connectivity index (χ0v) is 12.4. The van der Waals surface area contributed by atoms with Crippen LogP contribution >= 0.6 is 0 Å². The average Bonchev–Trinajstić information content (AvgIpc) is 2.62. The number of carbonyl (C=O) groups is 1. The maximum Gasteiger partial charge on any atom is 0.223 e. The number of carbonyl (C=O) groups excluding carboxylic acids is 1. The Balaban J connectivity index is 1.91. The monoisotopic (exact) mass is 290 g/mol. The SMILES string of the molecule is CC(=O)N1CCCN(CC2(CO)COC2)c2ccccc21. The number of aliphatic hydroxyl groups is 1. The summed E-state index contributed by atoms with van der Waals surface area (Å²) < 4.78 is 5.30. The van der Waals surface area contributed by atoms with E-state index < -0.39 is 0 Å². The van der Waals surface area contributed by atoms with Gasteiger partial charge >= 0.3 is 0 Å². The summed E-state index contributed by atoms with van der Waals surface area (Å²) in [6, 6.07) is 8.02. The number of fused-ring (bicyclic) bond motifs is 1. The first kappa shape index (κ1) is 14.4. The molecule has 0 spiro atoms. The second kappa shape index (κ2) is 5.66. The highest BCUT2D eigenvalue weighted by atomic mass is 16.5. The summed E-state index contributed by atoms with van der Waals surface area (Å²) in [5, 5.41) is 9.65. The van der Waals surface area contributed by atoms with E-state index in [4.69, 9.17) is 4.74 Å². The Labute approximate surface area is 125 Å². The molecule has 0 saturated carbocycles. The minimum atomic E-state index is -0.154. The number of hydrogen-bond acceptors (Lipinski definition) is 4. The fraction of sp³-hybridized carbons (Fsp3) is 0.562. The lowest BCUT2D eigenvalue weighted by atomic mass is 9.86. The van der Waals surface area contributed by atoms with Crippen LogP contribution in [0.1, 0.15) is 13.3 Å². The molecule has 1 amide bonds. The third-order valence-electron chi connectivity index (χ3n) is 4.38. The van der Waals surface area contributed by atoms with Gasteiger partial charge in [0.1, 0.15) is 0 Å². The van der Waals surface area contributed by atoms with Crippen LogP contribution in [0.3, 0.4) is 0 Å². The van der Waals surface area contributed by atoms with Crippen molar-refractivity contribution in [1.29, 1.82) is 0 Å². The fourth-order valence-electron chi connectivity index (χ4n) is 3.14. The Kier molecular flexibility index (Phi) is 3.87. The van der Waals surface area contributed by atoms with E-state index in [2.05, 4.69) is 11.0 Å². The lowest BCUT2D eigenvalue weighted by Crippen LogP contribution is -2.53. The molecule has 0 bridgehead atoms. The van der Waals surface area contributed by atoms with Crippen LogP contribution in [0.2, 0.25) is 0 Å². The Bertz CT molecular complexity index is 522. The molecule has 114 valence electrons. The smallest absolute Gasteiger partial charge is 0.223 e. The first-order valence-electron chi connectivity index (χ1n) is 7.46. The highest BCUT2D eigenvalue weighted by molar-refractivity contribution is 5.95. The van der Waals surface area contributed by atoms with Crippen LogP contribution in [0.15, 0.2) is 24.3 Å². The van der Waals surface area contributed by atoms with Crippen LogP contribution in [0, 0.1) is 5.41 Å². The van der Waals surface area contributed by atoms with Gasteiger partial charge in [0.05, 0.1) is 36.6 Å². The number of amides is 1. The van der Waals surface area contributed by atoms with E-state index in [0.717, 1.165) is 37.4 Å². The van der Waals surface area contributed by atoms with Crippen LogP contribution in [0.25, 0.3) is 0 Å². The molecule has 2 heterocycles. The van der Waals surface area contributed by atoms with Crippen LogP contribution < -0.4 is 9.80 Å². The van der Waals surface area contributed by atoms with Crippen molar-refractivity contribution in [2.45, 2.75) is 13.3 Å². The van der Waals surface area contributed by atoms with Crippen molar-refractivity contribution < 1.29 is 14.6 Å². The van der Waals surface area contributed by atoms with E-state index in [9.17, 15) is 9.90 Å². The number of hydrogen-bond donors (Lipinski definition) is 1. The van der Waals surface area contributed by atoms with Gasteiger partial charge in [0.2, 0.25) is 5.91 Å². The second-order valence-corrected chi connectivity index (χ2v) is 6.09. The number of para-hydroxylation sites is 2. The van der Waals surface area contributed by atoms with Gasteiger partial charge in [-0.3, -0.25) is 4.79 Å². The van der Waals surface area contributed by atoms with E-state index in [0.29, 0.717) is 13.2 Å². The summed E-state index contributed by atoms with van der Waals surface area (Å²) >= 11 is 0. The number of rotatable bonds is 3. The molecule has 1 fully saturated rings. The third-order valence-corrected chi connectivity index (χ3v) is 4.38. The van der Waals surface area contributed by atoms with E-state index in [1.807, 2.05) is 23.1 Å². The van der Waals surface area contributed by atoms with Crippen molar-refractivity contribution in [3.63, 3.8) is 0 Å². The predicted octanol–water partition coefficient (Wildman–Crippen LogP) is 1.26. The first-order valence-corrected chi connectivity index (χ1v) is 7.46. The normalized spacial score (nSPS) is 20.5. The minimum absolute atomic E-state index is 0.0770. The number of nitrogens with zero attached hydrogens (tertiary/aromatic N) is 2. The maximum atomic E-state index is 11.9. The van der Waals surface area contributed by atoms with Gasteiger partial charge in [-0.1, -0.05) is 12.1 Å². The predicted molar refractivity (Wildman–Crippen MR) is 81.6 cm³/mol. The molecule has 5 nitrogen and oxygen atoms in total. The summed E-state index contributed by atoms with van der Waals surface area (Å²) in [6.45, 7) is 5.38. The van der Waals surface area contributed by atoms with Gasteiger partial charge in [0.25, 0.3) is 0 Å². The summed E-state index contributed by atoms with van der Waals surface area (Å²) in [5.74, 6) is 0.0770. The summed E-state index contributed by atoms with van der Waals surface area (Å²) in [6.07, 6.45) is 0.927. The van der Waals surface area contributed by atoms with E-state index in [1.54, 1.807) is 6.92 Å². The highest BCUT2D eigenvalue weighted by Crippen LogP contribution is 2.36. The quantitative estimate of drug-likeness (QED) is 0.910. The third kappa shape index (κ3) is 2.63. The molecule has 1 saturated heterocycles. The van der Waals surface area contributed by atoms with Gasteiger partial charge in [0.15, 0.2) is 0 Å².